The third-order valence-electron chi connectivity index (χ3n) is 2.41. The Morgan fingerprint density at radius 1 is 1.41 bits per heavy atom. The average molecular weight is 288 g/mol. The van der Waals surface area contributed by atoms with E-state index in [-0.39, 0.29) is 5.25 Å². The van der Waals surface area contributed by atoms with Gasteiger partial charge in [-0.25, -0.2) is 4.98 Å². The lowest BCUT2D eigenvalue weighted by Gasteiger charge is -2.16. The van der Waals surface area contributed by atoms with Crippen molar-refractivity contribution in [1.82, 2.24) is 14.8 Å². The molecule has 0 aliphatic heterocycles. The van der Waals surface area contributed by atoms with Crippen LogP contribution in [-0.4, -0.2) is 21.0 Å². The number of hydrogen-bond donors (Lipinski definition) is 0. The molecular weight excluding hydrogens is 277 g/mol. The number of hydrogen-bond acceptors (Lipinski definition) is 3. The zero-order valence-electron chi connectivity index (χ0n) is 9.18. The number of rotatable bonds is 4. The van der Waals surface area contributed by atoms with Crippen LogP contribution in [0.3, 0.4) is 0 Å². The van der Waals surface area contributed by atoms with E-state index in [1.54, 1.807) is 28.8 Å². The lowest BCUT2D eigenvalue weighted by Crippen LogP contribution is -2.07. The van der Waals surface area contributed by atoms with Gasteiger partial charge in [0.25, 0.3) is 0 Å². The summed E-state index contributed by atoms with van der Waals surface area (Å²) in [7, 11) is 0. The molecule has 1 atom stereocenters. The highest BCUT2D eigenvalue weighted by Gasteiger charge is 2.14. The second-order valence-electron chi connectivity index (χ2n) is 3.51. The number of aromatic nitrogens is 3. The van der Waals surface area contributed by atoms with E-state index < -0.39 is 0 Å². The molecule has 0 radical (unpaired) electrons. The fourth-order valence-electron chi connectivity index (χ4n) is 1.56. The molecular formula is C11H11Cl2N3S. The van der Waals surface area contributed by atoms with Crippen molar-refractivity contribution in [3.8, 4) is 0 Å². The average Bonchev–Trinajstić information content (AvgIpc) is 2.79. The third-order valence-corrected chi connectivity index (χ3v) is 3.95. The number of benzene rings is 1. The highest BCUT2D eigenvalue weighted by molar-refractivity contribution is 7.98. The summed E-state index contributed by atoms with van der Waals surface area (Å²) in [5.74, 6) is 0. The molecule has 0 spiro atoms. The van der Waals surface area contributed by atoms with E-state index in [2.05, 4.69) is 10.1 Å². The summed E-state index contributed by atoms with van der Waals surface area (Å²) < 4.78 is 1.80. The first-order valence-electron chi connectivity index (χ1n) is 5.01. The zero-order chi connectivity index (χ0) is 12.3. The largest absolute Gasteiger partial charge is 0.252 e. The molecule has 2 aromatic rings. The Kier molecular flexibility index (Phi) is 4.31. The quantitative estimate of drug-likeness (QED) is 0.859. The lowest BCUT2D eigenvalue weighted by atomic mass is 10.1. The fraction of sp³-hybridized carbons (Fsp3) is 0.273. The van der Waals surface area contributed by atoms with Crippen LogP contribution in [0.1, 0.15) is 10.8 Å². The van der Waals surface area contributed by atoms with Crippen molar-refractivity contribution in [2.75, 3.05) is 6.26 Å². The molecule has 1 aromatic heterocycles. The van der Waals surface area contributed by atoms with Gasteiger partial charge in [-0.3, -0.25) is 4.68 Å². The highest BCUT2D eigenvalue weighted by atomic mass is 35.5. The second kappa shape index (κ2) is 5.76. The third kappa shape index (κ3) is 3.15. The van der Waals surface area contributed by atoms with Crippen LogP contribution in [0.5, 0.6) is 0 Å². The molecule has 0 bridgehead atoms. The number of thioether (sulfide) groups is 1. The van der Waals surface area contributed by atoms with E-state index in [0.29, 0.717) is 10.0 Å². The molecule has 0 N–H and O–H groups in total. The molecule has 6 heteroatoms. The van der Waals surface area contributed by atoms with E-state index in [1.165, 1.54) is 6.33 Å². The summed E-state index contributed by atoms with van der Waals surface area (Å²) in [6.07, 6.45) is 5.28. The standard InChI is InChI=1S/C11H11Cl2N3S/c1-17-11(5-16-7-14-6-15-16)9-3-2-8(12)4-10(9)13/h2-4,6-7,11H,5H2,1H3. The van der Waals surface area contributed by atoms with Gasteiger partial charge in [-0.2, -0.15) is 16.9 Å². The summed E-state index contributed by atoms with van der Waals surface area (Å²) in [4.78, 5) is 3.93. The Morgan fingerprint density at radius 2 is 2.24 bits per heavy atom. The summed E-state index contributed by atoms with van der Waals surface area (Å²) in [5, 5.41) is 5.68. The first-order valence-corrected chi connectivity index (χ1v) is 7.05. The van der Waals surface area contributed by atoms with Crippen molar-refractivity contribution in [1.29, 1.82) is 0 Å². The summed E-state index contributed by atoms with van der Waals surface area (Å²) in [6.45, 7) is 0.739. The van der Waals surface area contributed by atoms with Crippen molar-refractivity contribution in [3.05, 3.63) is 46.5 Å². The van der Waals surface area contributed by atoms with Gasteiger partial charge in [-0.15, -0.1) is 0 Å². The molecule has 2 rings (SSSR count). The normalized spacial score (nSPS) is 12.6. The minimum Gasteiger partial charge on any atom is -0.252 e. The maximum atomic E-state index is 6.20. The van der Waals surface area contributed by atoms with Gasteiger partial charge in [0.15, 0.2) is 0 Å². The molecule has 90 valence electrons. The molecule has 1 aromatic carbocycles. The van der Waals surface area contributed by atoms with E-state index >= 15 is 0 Å². The van der Waals surface area contributed by atoms with Gasteiger partial charge in [0, 0.05) is 10.0 Å². The van der Waals surface area contributed by atoms with Gasteiger partial charge < -0.3 is 0 Å². The molecule has 3 nitrogen and oxygen atoms in total. The molecule has 0 saturated carbocycles. The van der Waals surface area contributed by atoms with Crippen molar-refractivity contribution in [3.63, 3.8) is 0 Å². The van der Waals surface area contributed by atoms with Crippen LogP contribution in [0.4, 0.5) is 0 Å². The minimum atomic E-state index is 0.237. The van der Waals surface area contributed by atoms with Gasteiger partial charge in [-0.05, 0) is 24.0 Å². The summed E-state index contributed by atoms with van der Waals surface area (Å²) in [5.41, 5.74) is 1.07. The molecule has 1 heterocycles. The van der Waals surface area contributed by atoms with Crippen LogP contribution < -0.4 is 0 Å². The Balaban J connectivity index is 2.23. The Hall–Kier alpha value is -0.710. The van der Waals surface area contributed by atoms with E-state index in [1.807, 2.05) is 18.4 Å². The van der Waals surface area contributed by atoms with E-state index in [9.17, 15) is 0 Å². The topological polar surface area (TPSA) is 30.7 Å². The Bertz CT molecular complexity index is 487. The first-order chi connectivity index (χ1) is 8.20. The maximum Gasteiger partial charge on any atom is 0.137 e. The fourth-order valence-corrected chi connectivity index (χ4v) is 2.93. The smallest absolute Gasteiger partial charge is 0.137 e. The van der Waals surface area contributed by atoms with Crippen LogP contribution in [0.25, 0.3) is 0 Å². The monoisotopic (exact) mass is 287 g/mol. The van der Waals surface area contributed by atoms with Crippen molar-refractivity contribution < 1.29 is 0 Å². The Morgan fingerprint density at radius 3 is 2.82 bits per heavy atom. The highest BCUT2D eigenvalue weighted by Crippen LogP contribution is 2.34. The molecule has 1 unspecified atom stereocenters. The predicted molar refractivity (Wildman–Crippen MR) is 72.7 cm³/mol. The molecule has 0 aliphatic rings. The van der Waals surface area contributed by atoms with Crippen LogP contribution in [0, 0.1) is 0 Å². The number of nitrogens with zero attached hydrogens (tertiary/aromatic N) is 3. The van der Waals surface area contributed by atoms with Crippen LogP contribution in [0.15, 0.2) is 30.9 Å². The van der Waals surface area contributed by atoms with Gasteiger partial charge in [0.2, 0.25) is 0 Å². The van der Waals surface area contributed by atoms with E-state index in [0.717, 1.165) is 12.1 Å². The molecule has 17 heavy (non-hydrogen) atoms. The van der Waals surface area contributed by atoms with Crippen molar-refractivity contribution >= 4 is 35.0 Å². The summed E-state index contributed by atoms with van der Waals surface area (Å²) in [6, 6.07) is 5.58. The van der Waals surface area contributed by atoms with Crippen LogP contribution in [-0.2, 0) is 6.54 Å². The molecule has 0 aliphatic carbocycles. The number of halogens is 2. The molecule has 0 amide bonds. The van der Waals surface area contributed by atoms with Gasteiger partial charge >= 0.3 is 0 Å². The lowest BCUT2D eigenvalue weighted by molar-refractivity contribution is 0.605. The van der Waals surface area contributed by atoms with Gasteiger partial charge in [0.05, 0.1) is 11.8 Å². The molecule has 0 fully saturated rings. The van der Waals surface area contributed by atoms with Crippen molar-refractivity contribution in [2.45, 2.75) is 11.8 Å². The van der Waals surface area contributed by atoms with Gasteiger partial charge in [-0.1, -0.05) is 29.3 Å². The summed E-state index contributed by atoms with van der Waals surface area (Å²) >= 11 is 13.8. The zero-order valence-corrected chi connectivity index (χ0v) is 11.5. The SMILES string of the molecule is CSC(Cn1cncn1)c1ccc(Cl)cc1Cl. The van der Waals surface area contributed by atoms with Crippen LogP contribution >= 0.6 is 35.0 Å². The maximum absolute atomic E-state index is 6.20. The Labute approximate surface area is 114 Å². The predicted octanol–water partition coefficient (Wildman–Crippen LogP) is 3.69. The van der Waals surface area contributed by atoms with Crippen molar-refractivity contribution in [2.24, 2.45) is 0 Å². The molecule has 0 saturated heterocycles. The second-order valence-corrected chi connectivity index (χ2v) is 5.39. The van der Waals surface area contributed by atoms with Crippen LogP contribution in [0.2, 0.25) is 10.0 Å². The van der Waals surface area contributed by atoms with Gasteiger partial charge in [0.1, 0.15) is 12.7 Å². The van der Waals surface area contributed by atoms with E-state index in [4.69, 9.17) is 23.2 Å². The first kappa shape index (κ1) is 12.7. The minimum absolute atomic E-state index is 0.237.